The molecule has 0 aliphatic carbocycles. The molecule has 0 saturated carbocycles. The van der Waals surface area contributed by atoms with Gasteiger partial charge < -0.3 is 10.6 Å². The number of para-hydroxylation sites is 1. The van der Waals surface area contributed by atoms with Crippen LogP contribution in [-0.4, -0.2) is 7.05 Å². The molecule has 0 aliphatic rings. The number of anilines is 2. The molecular formula is C16H18N2. The van der Waals surface area contributed by atoms with Gasteiger partial charge in [0.15, 0.2) is 0 Å². The van der Waals surface area contributed by atoms with Crippen molar-refractivity contribution >= 4 is 17.1 Å². The van der Waals surface area contributed by atoms with Gasteiger partial charge in [0.25, 0.3) is 0 Å². The minimum atomic E-state index is 0.773. The summed E-state index contributed by atoms with van der Waals surface area (Å²) >= 11 is 0. The summed E-state index contributed by atoms with van der Waals surface area (Å²) in [6, 6.07) is 16.1. The summed E-state index contributed by atoms with van der Waals surface area (Å²) in [5, 5.41) is 0. The molecular weight excluding hydrogens is 220 g/mol. The predicted octanol–water partition coefficient (Wildman–Crippen LogP) is 3.68. The van der Waals surface area contributed by atoms with E-state index in [4.69, 9.17) is 5.73 Å². The maximum Gasteiger partial charge on any atom is 0.0671 e. The van der Waals surface area contributed by atoms with Crippen LogP contribution in [0.3, 0.4) is 0 Å². The molecule has 0 heterocycles. The molecule has 0 fully saturated rings. The van der Waals surface area contributed by atoms with Crippen LogP contribution >= 0.6 is 0 Å². The van der Waals surface area contributed by atoms with Gasteiger partial charge >= 0.3 is 0 Å². The molecule has 2 aromatic rings. The Morgan fingerprint density at radius 3 is 2.33 bits per heavy atom. The van der Waals surface area contributed by atoms with Crippen molar-refractivity contribution in [1.29, 1.82) is 0 Å². The normalized spacial score (nSPS) is 10.1. The average molecular weight is 238 g/mol. The highest BCUT2D eigenvalue weighted by Gasteiger charge is 2.12. The second-order valence-electron chi connectivity index (χ2n) is 4.38. The Balaban J connectivity index is 2.38. The van der Waals surface area contributed by atoms with E-state index >= 15 is 0 Å². The lowest BCUT2D eigenvalue weighted by molar-refractivity contribution is 1.20. The van der Waals surface area contributed by atoms with E-state index in [2.05, 4.69) is 19.6 Å². The van der Waals surface area contributed by atoms with Crippen LogP contribution in [0.4, 0.5) is 11.4 Å². The van der Waals surface area contributed by atoms with E-state index in [9.17, 15) is 0 Å². The van der Waals surface area contributed by atoms with Crippen molar-refractivity contribution in [3.05, 3.63) is 66.2 Å². The smallest absolute Gasteiger partial charge is 0.0671 e. The Hall–Kier alpha value is -2.22. The Morgan fingerprint density at radius 2 is 1.72 bits per heavy atom. The molecule has 0 saturated heterocycles. The van der Waals surface area contributed by atoms with Gasteiger partial charge in [-0.2, -0.15) is 0 Å². The van der Waals surface area contributed by atoms with Crippen LogP contribution in [0.15, 0.2) is 55.1 Å². The predicted molar refractivity (Wildman–Crippen MR) is 79.5 cm³/mol. The fraction of sp³-hybridized carbons (Fsp3) is 0.125. The first-order valence-corrected chi connectivity index (χ1v) is 5.94. The van der Waals surface area contributed by atoms with E-state index in [0.717, 1.165) is 28.2 Å². The largest absolute Gasteiger partial charge is 0.397 e. The molecule has 0 amide bonds. The number of hydrogen-bond acceptors (Lipinski definition) is 2. The zero-order chi connectivity index (χ0) is 13.1. The van der Waals surface area contributed by atoms with Gasteiger partial charge in [0.1, 0.15) is 0 Å². The van der Waals surface area contributed by atoms with Crippen LogP contribution < -0.4 is 10.6 Å². The first-order chi connectivity index (χ1) is 8.61. The van der Waals surface area contributed by atoms with Gasteiger partial charge in [-0.1, -0.05) is 49.0 Å². The van der Waals surface area contributed by atoms with Crippen molar-refractivity contribution in [2.45, 2.75) is 6.92 Å². The SMILES string of the molecule is C=C(c1ccccc1)N(C)c1c(C)cccc1N. The van der Waals surface area contributed by atoms with E-state index in [1.807, 2.05) is 54.4 Å². The lowest BCUT2D eigenvalue weighted by Gasteiger charge is -2.25. The molecule has 18 heavy (non-hydrogen) atoms. The third-order valence-electron chi connectivity index (χ3n) is 3.12. The van der Waals surface area contributed by atoms with Crippen LogP contribution in [-0.2, 0) is 0 Å². The lowest BCUT2D eigenvalue weighted by Crippen LogP contribution is -2.17. The van der Waals surface area contributed by atoms with Crippen LogP contribution in [0.1, 0.15) is 11.1 Å². The molecule has 0 spiro atoms. The molecule has 2 nitrogen and oxygen atoms in total. The summed E-state index contributed by atoms with van der Waals surface area (Å²) in [4.78, 5) is 2.04. The van der Waals surface area contributed by atoms with Crippen molar-refractivity contribution < 1.29 is 0 Å². The molecule has 92 valence electrons. The molecule has 0 unspecified atom stereocenters. The number of benzene rings is 2. The zero-order valence-electron chi connectivity index (χ0n) is 10.9. The van der Waals surface area contributed by atoms with Gasteiger partial charge in [0, 0.05) is 12.7 Å². The molecule has 0 radical (unpaired) electrons. The number of nitrogen functional groups attached to an aromatic ring is 1. The fourth-order valence-electron chi connectivity index (χ4n) is 2.10. The third kappa shape index (κ3) is 2.23. The molecule has 0 bridgehead atoms. The molecule has 2 aromatic carbocycles. The average Bonchev–Trinajstić information content (AvgIpc) is 2.38. The third-order valence-corrected chi connectivity index (χ3v) is 3.12. The van der Waals surface area contributed by atoms with Crippen LogP contribution in [0, 0.1) is 6.92 Å². The minimum Gasteiger partial charge on any atom is -0.397 e. The van der Waals surface area contributed by atoms with Crippen LogP contribution in [0.5, 0.6) is 0 Å². The van der Waals surface area contributed by atoms with Crippen molar-refractivity contribution in [1.82, 2.24) is 0 Å². The van der Waals surface area contributed by atoms with Crippen molar-refractivity contribution in [2.75, 3.05) is 17.7 Å². The van der Waals surface area contributed by atoms with E-state index < -0.39 is 0 Å². The molecule has 0 aromatic heterocycles. The van der Waals surface area contributed by atoms with Gasteiger partial charge in [-0.25, -0.2) is 0 Å². The molecule has 2 heteroatoms. The van der Waals surface area contributed by atoms with Gasteiger partial charge in [-0.05, 0) is 24.1 Å². The summed E-state index contributed by atoms with van der Waals surface area (Å²) in [6.07, 6.45) is 0. The maximum atomic E-state index is 6.06. The van der Waals surface area contributed by atoms with Crippen LogP contribution in [0.25, 0.3) is 5.70 Å². The highest BCUT2D eigenvalue weighted by atomic mass is 15.1. The zero-order valence-corrected chi connectivity index (χ0v) is 10.9. The Labute approximate surface area is 108 Å². The van der Waals surface area contributed by atoms with Gasteiger partial charge in [0.2, 0.25) is 0 Å². The Kier molecular flexibility index (Phi) is 3.38. The number of nitrogens with zero attached hydrogens (tertiary/aromatic N) is 1. The van der Waals surface area contributed by atoms with Crippen LogP contribution in [0.2, 0.25) is 0 Å². The molecule has 0 aliphatic heterocycles. The van der Waals surface area contributed by atoms with E-state index in [0.29, 0.717) is 0 Å². The fourth-order valence-corrected chi connectivity index (χ4v) is 2.10. The van der Waals surface area contributed by atoms with Crippen molar-refractivity contribution in [3.63, 3.8) is 0 Å². The summed E-state index contributed by atoms with van der Waals surface area (Å²) in [7, 11) is 1.99. The maximum absolute atomic E-state index is 6.06. The second-order valence-corrected chi connectivity index (χ2v) is 4.38. The number of aryl methyl sites for hydroxylation is 1. The number of hydrogen-bond donors (Lipinski definition) is 1. The number of nitrogens with two attached hydrogens (primary N) is 1. The molecule has 2 rings (SSSR count). The van der Waals surface area contributed by atoms with Gasteiger partial charge in [-0.15, -0.1) is 0 Å². The Bertz CT molecular complexity index is 538. The van der Waals surface area contributed by atoms with Crippen molar-refractivity contribution in [3.8, 4) is 0 Å². The van der Waals surface area contributed by atoms with Gasteiger partial charge in [0.05, 0.1) is 11.4 Å². The first-order valence-electron chi connectivity index (χ1n) is 5.94. The molecule has 2 N–H and O–H groups in total. The topological polar surface area (TPSA) is 29.3 Å². The summed E-state index contributed by atoms with van der Waals surface area (Å²) in [6.45, 7) is 6.21. The van der Waals surface area contributed by atoms with E-state index in [-0.39, 0.29) is 0 Å². The van der Waals surface area contributed by atoms with E-state index in [1.165, 1.54) is 0 Å². The minimum absolute atomic E-state index is 0.773. The van der Waals surface area contributed by atoms with E-state index in [1.54, 1.807) is 0 Å². The quantitative estimate of drug-likeness (QED) is 0.826. The standard InChI is InChI=1S/C16H18N2/c1-12-8-7-11-15(17)16(12)18(3)13(2)14-9-5-4-6-10-14/h4-11H,2,17H2,1,3H3. The monoisotopic (exact) mass is 238 g/mol. The number of rotatable bonds is 3. The van der Waals surface area contributed by atoms with Crippen molar-refractivity contribution in [2.24, 2.45) is 0 Å². The summed E-state index contributed by atoms with van der Waals surface area (Å²) in [5.41, 5.74) is 11.0. The second kappa shape index (κ2) is 4.96. The summed E-state index contributed by atoms with van der Waals surface area (Å²) in [5.74, 6) is 0. The summed E-state index contributed by atoms with van der Waals surface area (Å²) < 4.78 is 0. The molecule has 0 atom stereocenters. The lowest BCUT2D eigenvalue weighted by atomic mass is 10.1. The van der Waals surface area contributed by atoms with Gasteiger partial charge in [-0.3, -0.25) is 0 Å². The highest BCUT2D eigenvalue weighted by molar-refractivity contribution is 5.84. The first kappa shape index (κ1) is 12.2. The highest BCUT2D eigenvalue weighted by Crippen LogP contribution is 2.31. The Morgan fingerprint density at radius 1 is 1.06 bits per heavy atom.